The summed E-state index contributed by atoms with van der Waals surface area (Å²) in [4.78, 5) is 14.5. The van der Waals surface area contributed by atoms with Gasteiger partial charge in [0, 0.05) is 31.4 Å². The number of carbonyl (C=O) groups excluding carboxylic acids is 1. The van der Waals surface area contributed by atoms with E-state index >= 15 is 0 Å². The maximum absolute atomic E-state index is 12.6. The third-order valence-corrected chi connectivity index (χ3v) is 4.25. The minimum absolute atomic E-state index is 0.127. The Morgan fingerprint density at radius 3 is 2.39 bits per heavy atom. The molecule has 1 aromatic heterocycles. The molecular formula is C18H25N3O2. The minimum atomic E-state index is 0.127. The molecule has 1 heterocycles. The normalized spacial score (nSPS) is 10.7. The summed E-state index contributed by atoms with van der Waals surface area (Å²) < 4.78 is 7.00. The number of carbonyl (C=O) groups is 1. The number of aromatic nitrogens is 2. The molecule has 0 saturated carbocycles. The molecule has 2 aromatic rings. The van der Waals surface area contributed by atoms with Gasteiger partial charge in [-0.15, -0.1) is 0 Å². The Morgan fingerprint density at radius 2 is 1.91 bits per heavy atom. The van der Waals surface area contributed by atoms with Gasteiger partial charge in [-0.3, -0.25) is 9.48 Å². The lowest BCUT2D eigenvalue weighted by molar-refractivity contribution is -0.130. The van der Waals surface area contributed by atoms with Crippen molar-refractivity contribution in [3.8, 4) is 5.75 Å². The van der Waals surface area contributed by atoms with E-state index in [-0.39, 0.29) is 5.91 Å². The summed E-state index contributed by atoms with van der Waals surface area (Å²) >= 11 is 0. The summed E-state index contributed by atoms with van der Waals surface area (Å²) in [6.45, 7) is 7.25. The largest absolute Gasteiger partial charge is 0.497 e. The van der Waals surface area contributed by atoms with E-state index in [0.717, 1.165) is 28.3 Å². The van der Waals surface area contributed by atoms with E-state index in [0.29, 0.717) is 19.5 Å². The van der Waals surface area contributed by atoms with E-state index in [1.54, 1.807) is 7.11 Å². The quantitative estimate of drug-likeness (QED) is 0.823. The Bertz CT molecular complexity index is 674. The molecule has 23 heavy (non-hydrogen) atoms. The number of likely N-dealkylation sites (N-methyl/N-ethyl adjacent to an activating group) is 1. The fourth-order valence-electron chi connectivity index (χ4n) is 2.66. The average molecular weight is 315 g/mol. The Morgan fingerprint density at radius 1 is 1.26 bits per heavy atom. The highest BCUT2D eigenvalue weighted by molar-refractivity contribution is 5.79. The van der Waals surface area contributed by atoms with Gasteiger partial charge in [0.15, 0.2) is 0 Å². The predicted molar refractivity (Wildman–Crippen MR) is 90.5 cm³/mol. The van der Waals surface area contributed by atoms with Crippen LogP contribution in [0, 0.1) is 13.8 Å². The van der Waals surface area contributed by atoms with E-state index < -0.39 is 0 Å². The van der Waals surface area contributed by atoms with Crippen molar-refractivity contribution in [3.63, 3.8) is 0 Å². The zero-order valence-corrected chi connectivity index (χ0v) is 14.6. The van der Waals surface area contributed by atoms with Crippen LogP contribution in [0.5, 0.6) is 5.75 Å². The predicted octanol–water partition coefficient (Wildman–Crippen LogP) is 2.64. The fourth-order valence-corrected chi connectivity index (χ4v) is 2.66. The van der Waals surface area contributed by atoms with Crippen molar-refractivity contribution >= 4 is 5.91 Å². The maximum Gasteiger partial charge on any atom is 0.227 e. The first-order chi connectivity index (χ1) is 11.0. The van der Waals surface area contributed by atoms with Crippen molar-refractivity contribution in [2.45, 2.75) is 33.7 Å². The van der Waals surface area contributed by atoms with Crippen molar-refractivity contribution in [1.82, 2.24) is 14.7 Å². The summed E-state index contributed by atoms with van der Waals surface area (Å²) in [5.74, 6) is 0.951. The Kier molecular flexibility index (Phi) is 5.42. The van der Waals surface area contributed by atoms with Gasteiger partial charge in [-0.1, -0.05) is 12.1 Å². The molecule has 1 amide bonds. The number of hydrogen-bond acceptors (Lipinski definition) is 3. The van der Waals surface area contributed by atoms with Gasteiger partial charge in [0.25, 0.3) is 0 Å². The smallest absolute Gasteiger partial charge is 0.227 e. The van der Waals surface area contributed by atoms with Gasteiger partial charge >= 0.3 is 0 Å². The van der Waals surface area contributed by atoms with Crippen molar-refractivity contribution in [2.24, 2.45) is 7.05 Å². The molecule has 124 valence electrons. The van der Waals surface area contributed by atoms with E-state index in [1.807, 2.05) is 61.7 Å². The number of benzene rings is 1. The minimum Gasteiger partial charge on any atom is -0.497 e. The molecule has 0 unspecified atom stereocenters. The van der Waals surface area contributed by atoms with E-state index in [9.17, 15) is 4.79 Å². The van der Waals surface area contributed by atoms with Crippen molar-refractivity contribution in [2.75, 3.05) is 13.7 Å². The number of rotatable bonds is 6. The fraction of sp³-hybridized carbons (Fsp3) is 0.444. The highest BCUT2D eigenvalue weighted by Crippen LogP contribution is 2.16. The zero-order chi connectivity index (χ0) is 17.0. The van der Waals surface area contributed by atoms with Crippen molar-refractivity contribution < 1.29 is 9.53 Å². The lowest BCUT2D eigenvalue weighted by Crippen LogP contribution is -2.31. The van der Waals surface area contributed by atoms with Gasteiger partial charge in [-0.2, -0.15) is 5.10 Å². The van der Waals surface area contributed by atoms with Gasteiger partial charge in [-0.25, -0.2) is 0 Å². The monoisotopic (exact) mass is 315 g/mol. The second-order valence-electron chi connectivity index (χ2n) is 5.71. The number of ether oxygens (including phenoxy) is 1. The standard InChI is InChI=1S/C18H25N3O2/c1-6-21(12-15-7-9-16(23-5)10-8-15)18(22)11-17-13(2)19-20(4)14(17)3/h7-10H,6,11-12H2,1-5H3. The van der Waals surface area contributed by atoms with Crippen LogP contribution in [0.4, 0.5) is 0 Å². The molecule has 0 atom stereocenters. The van der Waals surface area contributed by atoms with Crippen LogP contribution >= 0.6 is 0 Å². The van der Waals surface area contributed by atoms with E-state index in [1.165, 1.54) is 0 Å². The Hall–Kier alpha value is -2.30. The van der Waals surface area contributed by atoms with Crippen LogP contribution in [0.2, 0.25) is 0 Å². The first-order valence-corrected chi connectivity index (χ1v) is 7.86. The molecule has 0 aliphatic carbocycles. The summed E-state index contributed by atoms with van der Waals surface area (Å²) in [7, 11) is 3.56. The molecule has 0 radical (unpaired) electrons. The lowest BCUT2D eigenvalue weighted by atomic mass is 10.1. The molecule has 5 heteroatoms. The molecule has 0 aliphatic rings. The van der Waals surface area contributed by atoms with Gasteiger partial charge in [0.1, 0.15) is 5.75 Å². The van der Waals surface area contributed by atoms with E-state index in [2.05, 4.69) is 5.10 Å². The molecule has 0 spiro atoms. The van der Waals surface area contributed by atoms with Crippen LogP contribution in [0.3, 0.4) is 0 Å². The van der Waals surface area contributed by atoms with Crippen molar-refractivity contribution in [3.05, 3.63) is 46.8 Å². The highest BCUT2D eigenvalue weighted by Gasteiger charge is 2.18. The molecular weight excluding hydrogens is 290 g/mol. The van der Waals surface area contributed by atoms with E-state index in [4.69, 9.17) is 4.74 Å². The SMILES string of the molecule is CCN(Cc1ccc(OC)cc1)C(=O)Cc1c(C)nn(C)c1C. The molecule has 0 bridgehead atoms. The number of hydrogen-bond donors (Lipinski definition) is 0. The topological polar surface area (TPSA) is 47.4 Å². The second kappa shape index (κ2) is 7.31. The number of methoxy groups -OCH3 is 1. The van der Waals surface area contributed by atoms with Gasteiger partial charge < -0.3 is 9.64 Å². The first-order valence-electron chi connectivity index (χ1n) is 7.86. The molecule has 0 saturated heterocycles. The van der Waals surface area contributed by atoms with Crippen LogP contribution < -0.4 is 4.74 Å². The van der Waals surface area contributed by atoms with Crippen molar-refractivity contribution in [1.29, 1.82) is 0 Å². The van der Waals surface area contributed by atoms with Crippen LogP contribution in [0.25, 0.3) is 0 Å². The molecule has 0 aliphatic heterocycles. The highest BCUT2D eigenvalue weighted by atomic mass is 16.5. The third-order valence-electron chi connectivity index (χ3n) is 4.25. The number of amides is 1. The summed E-state index contributed by atoms with van der Waals surface area (Å²) in [5.41, 5.74) is 4.11. The van der Waals surface area contributed by atoms with Crippen LogP contribution in [0.15, 0.2) is 24.3 Å². The molecule has 0 fully saturated rings. The summed E-state index contributed by atoms with van der Waals surface area (Å²) in [6.07, 6.45) is 0.398. The molecule has 1 aromatic carbocycles. The Labute approximate surface area is 137 Å². The third kappa shape index (κ3) is 3.92. The summed E-state index contributed by atoms with van der Waals surface area (Å²) in [6, 6.07) is 7.83. The molecule has 0 N–H and O–H groups in total. The number of aryl methyl sites for hydroxylation is 2. The van der Waals surface area contributed by atoms with Gasteiger partial charge in [0.05, 0.1) is 19.2 Å². The maximum atomic E-state index is 12.6. The number of nitrogens with zero attached hydrogens (tertiary/aromatic N) is 3. The molecule has 5 nitrogen and oxygen atoms in total. The average Bonchev–Trinajstić information content (AvgIpc) is 2.79. The second-order valence-corrected chi connectivity index (χ2v) is 5.71. The molecule has 2 rings (SSSR count). The van der Waals surface area contributed by atoms with Crippen LogP contribution in [-0.4, -0.2) is 34.2 Å². The van der Waals surface area contributed by atoms with Crippen LogP contribution in [-0.2, 0) is 24.8 Å². The first kappa shape index (κ1) is 17.1. The zero-order valence-electron chi connectivity index (χ0n) is 14.6. The van der Waals surface area contributed by atoms with Crippen LogP contribution in [0.1, 0.15) is 29.4 Å². The van der Waals surface area contributed by atoms with Gasteiger partial charge in [-0.05, 0) is 38.5 Å². The Balaban J connectivity index is 2.08. The van der Waals surface area contributed by atoms with Gasteiger partial charge in [0.2, 0.25) is 5.91 Å². The summed E-state index contributed by atoms with van der Waals surface area (Å²) in [5, 5.41) is 4.38. The lowest BCUT2D eigenvalue weighted by Gasteiger charge is -2.21.